The van der Waals surface area contributed by atoms with Crippen molar-refractivity contribution in [2.45, 2.75) is 48.5 Å². The summed E-state index contributed by atoms with van der Waals surface area (Å²) in [6.45, 7) is 16.6. The number of aromatic nitrogens is 2. The summed E-state index contributed by atoms with van der Waals surface area (Å²) in [5, 5.41) is 3.26. The van der Waals surface area contributed by atoms with Crippen molar-refractivity contribution in [3.8, 4) is 0 Å². The van der Waals surface area contributed by atoms with E-state index in [1.807, 2.05) is 54.5 Å². The highest BCUT2D eigenvalue weighted by molar-refractivity contribution is 5.34. The molecule has 2 heterocycles. The van der Waals surface area contributed by atoms with E-state index in [9.17, 15) is 0 Å². The fourth-order valence-corrected chi connectivity index (χ4v) is 1.20. The van der Waals surface area contributed by atoms with Crippen molar-refractivity contribution in [1.29, 1.82) is 0 Å². The van der Waals surface area contributed by atoms with Crippen LogP contribution in [-0.4, -0.2) is 29.7 Å². The maximum Gasteiger partial charge on any atom is 0.129 e. The maximum atomic E-state index is 5.07. The van der Waals surface area contributed by atoms with Gasteiger partial charge in [0.1, 0.15) is 12.1 Å². The van der Waals surface area contributed by atoms with Crippen molar-refractivity contribution in [3.63, 3.8) is 0 Å². The van der Waals surface area contributed by atoms with Gasteiger partial charge in [-0.05, 0) is 6.92 Å². The van der Waals surface area contributed by atoms with Gasteiger partial charge in [-0.15, -0.1) is 0 Å². The fraction of sp³-hybridized carbons (Fsp3) is 0.733. The number of hydrogen-bond donors (Lipinski definition) is 1. The summed E-state index contributed by atoms with van der Waals surface area (Å²) in [5.41, 5.74) is 0.988. The lowest BCUT2D eigenvalue weighted by Crippen LogP contribution is -2.33. The van der Waals surface area contributed by atoms with Crippen molar-refractivity contribution >= 4 is 5.82 Å². The van der Waals surface area contributed by atoms with Crippen LogP contribution in [0.4, 0.5) is 5.82 Å². The van der Waals surface area contributed by atoms with Gasteiger partial charge < -0.3 is 10.1 Å². The van der Waals surface area contributed by atoms with E-state index in [0.29, 0.717) is 5.92 Å². The average Bonchev–Trinajstić information content (AvgIpc) is 2.44. The molecule has 0 aromatic carbocycles. The van der Waals surface area contributed by atoms with Gasteiger partial charge >= 0.3 is 0 Å². The first kappa shape index (κ1) is 20.2. The third-order valence-electron chi connectivity index (χ3n) is 2.08. The molecule has 4 nitrogen and oxygen atoms in total. The minimum absolute atomic E-state index is 0.648. The Hall–Kier alpha value is -1.16. The van der Waals surface area contributed by atoms with Gasteiger partial charge in [0.2, 0.25) is 0 Å². The second-order valence-corrected chi connectivity index (χ2v) is 3.33. The van der Waals surface area contributed by atoms with Gasteiger partial charge in [-0.3, -0.25) is 0 Å². The van der Waals surface area contributed by atoms with Crippen LogP contribution >= 0.6 is 0 Å². The number of hydrogen-bond acceptors (Lipinski definition) is 4. The molecule has 0 radical (unpaired) electrons. The van der Waals surface area contributed by atoms with Crippen LogP contribution in [0.1, 0.15) is 47.2 Å². The van der Waals surface area contributed by atoms with E-state index in [1.54, 1.807) is 6.33 Å². The summed E-state index contributed by atoms with van der Waals surface area (Å²) >= 11 is 0. The van der Waals surface area contributed by atoms with E-state index in [2.05, 4.69) is 15.3 Å². The molecular weight excluding hydrogens is 238 g/mol. The Morgan fingerprint density at radius 2 is 1.68 bits per heavy atom. The predicted octanol–water partition coefficient (Wildman–Crippen LogP) is 3.92. The fourth-order valence-electron chi connectivity index (χ4n) is 1.20. The molecule has 0 bridgehead atoms. The average molecular weight is 269 g/mol. The highest BCUT2D eigenvalue weighted by Gasteiger charge is 2.17. The molecule has 0 aliphatic carbocycles. The van der Waals surface area contributed by atoms with Crippen molar-refractivity contribution in [1.82, 2.24) is 9.97 Å². The quantitative estimate of drug-likeness (QED) is 0.903. The second-order valence-electron chi connectivity index (χ2n) is 3.33. The standard InChI is InChI=1S/C9H13N3O.3C2H6/c1-7-2-9(12-6-11-7)10-3-8-4-13-5-8;3*1-2/h2,6,8H,3-5H2,1H3,(H,10,11,12);3*1-2H3. The zero-order valence-electron chi connectivity index (χ0n) is 13.7. The number of nitrogens with one attached hydrogen (secondary N) is 1. The lowest BCUT2D eigenvalue weighted by Gasteiger charge is -2.26. The lowest BCUT2D eigenvalue weighted by atomic mass is 10.1. The SMILES string of the molecule is CC.CC.CC.Cc1cc(NCC2COC2)ncn1. The van der Waals surface area contributed by atoms with E-state index in [0.717, 1.165) is 31.3 Å². The van der Waals surface area contributed by atoms with Crippen LogP contribution in [0, 0.1) is 12.8 Å². The Bertz CT molecular complexity index is 288. The molecule has 1 aliphatic heterocycles. The Labute approximate surface area is 119 Å². The number of aryl methyl sites for hydroxylation is 1. The summed E-state index contributed by atoms with van der Waals surface area (Å²) in [4.78, 5) is 8.13. The van der Waals surface area contributed by atoms with Crippen LogP contribution in [0.5, 0.6) is 0 Å². The zero-order chi connectivity index (χ0) is 15.1. The summed E-state index contributed by atoms with van der Waals surface area (Å²) in [7, 11) is 0. The molecule has 4 heteroatoms. The van der Waals surface area contributed by atoms with Crippen molar-refractivity contribution < 1.29 is 4.74 Å². The molecule has 2 rings (SSSR count). The summed E-state index contributed by atoms with van der Waals surface area (Å²) in [6, 6.07) is 1.94. The van der Waals surface area contributed by atoms with Gasteiger partial charge in [0.25, 0.3) is 0 Å². The Balaban J connectivity index is 0. The van der Waals surface area contributed by atoms with Crippen LogP contribution in [0.2, 0.25) is 0 Å². The first-order valence-corrected chi connectivity index (χ1v) is 7.45. The Morgan fingerprint density at radius 1 is 1.11 bits per heavy atom. The number of nitrogens with zero attached hydrogens (tertiary/aromatic N) is 2. The predicted molar refractivity (Wildman–Crippen MR) is 83.6 cm³/mol. The summed E-state index contributed by atoms with van der Waals surface area (Å²) in [5.74, 6) is 1.55. The number of ether oxygens (including phenoxy) is 1. The van der Waals surface area contributed by atoms with Crippen molar-refractivity contribution in [3.05, 3.63) is 18.1 Å². The molecule has 1 saturated heterocycles. The van der Waals surface area contributed by atoms with Gasteiger partial charge in [-0.2, -0.15) is 0 Å². The number of anilines is 1. The highest BCUT2D eigenvalue weighted by atomic mass is 16.5. The van der Waals surface area contributed by atoms with Gasteiger partial charge in [0.15, 0.2) is 0 Å². The first-order chi connectivity index (χ1) is 9.34. The third-order valence-corrected chi connectivity index (χ3v) is 2.08. The van der Waals surface area contributed by atoms with E-state index in [-0.39, 0.29) is 0 Å². The van der Waals surface area contributed by atoms with Gasteiger partial charge in [-0.1, -0.05) is 41.5 Å². The normalized spacial score (nSPS) is 12.4. The van der Waals surface area contributed by atoms with E-state index in [1.165, 1.54) is 0 Å². The highest BCUT2D eigenvalue weighted by Crippen LogP contribution is 2.11. The second kappa shape index (κ2) is 14.9. The van der Waals surface area contributed by atoms with Crippen molar-refractivity contribution in [2.24, 2.45) is 5.92 Å². The Kier molecular flexibility index (Phi) is 15.8. The smallest absolute Gasteiger partial charge is 0.129 e. The lowest BCUT2D eigenvalue weighted by molar-refractivity contribution is -0.0248. The molecule has 0 saturated carbocycles. The van der Waals surface area contributed by atoms with Gasteiger partial charge in [-0.25, -0.2) is 9.97 Å². The third kappa shape index (κ3) is 9.42. The van der Waals surface area contributed by atoms with Crippen LogP contribution in [0.15, 0.2) is 12.4 Å². The van der Waals surface area contributed by atoms with Crippen molar-refractivity contribution in [2.75, 3.05) is 25.1 Å². The number of rotatable bonds is 3. The minimum Gasteiger partial charge on any atom is -0.381 e. The van der Waals surface area contributed by atoms with Gasteiger partial charge in [0, 0.05) is 24.2 Å². The largest absolute Gasteiger partial charge is 0.381 e. The van der Waals surface area contributed by atoms with Gasteiger partial charge in [0.05, 0.1) is 13.2 Å². The van der Waals surface area contributed by atoms with Crippen LogP contribution in [-0.2, 0) is 4.74 Å². The van der Waals surface area contributed by atoms with Crippen LogP contribution in [0.3, 0.4) is 0 Å². The molecule has 19 heavy (non-hydrogen) atoms. The maximum absolute atomic E-state index is 5.07. The minimum atomic E-state index is 0.648. The molecule has 0 atom stereocenters. The molecule has 0 amide bonds. The molecule has 1 aromatic rings. The monoisotopic (exact) mass is 269 g/mol. The molecular formula is C15H31N3O. The molecule has 0 spiro atoms. The first-order valence-electron chi connectivity index (χ1n) is 7.45. The molecule has 1 aliphatic rings. The summed E-state index contributed by atoms with van der Waals surface area (Å²) < 4.78 is 5.07. The van der Waals surface area contributed by atoms with Crippen LogP contribution < -0.4 is 5.32 Å². The molecule has 1 N–H and O–H groups in total. The molecule has 1 aromatic heterocycles. The van der Waals surface area contributed by atoms with Crippen LogP contribution in [0.25, 0.3) is 0 Å². The van der Waals surface area contributed by atoms with E-state index in [4.69, 9.17) is 4.74 Å². The Morgan fingerprint density at radius 3 is 2.11 bits per heavy atom. The molecule has 112 valence electrons. The van der Waals surface area contributed by atoms with E-state index >= 15 is 0 Å². The summed E-state index contributed by atoms with van der Waals surface area (Å²) in [6.07, 6.45) is 1.58. The zero-order valence-corrected chi connectivity index (χ0v) is 13.7. The topological polar surface area (TPSA) is 47.0 Å². The molecule has 0 unspecified atom stereocenters. The van der Waals surface area contributed by atoms with E-state index < -0.39 is 0 Å². The molecule has 1 fully saturated rings.